The molecule has 2 aromatic heterocycles. The SMILES string of the molecule is CCc1nnc2sc(-c3ccc(O)c(C)c3)nn12. The molecule has 1 N–H and O–H groups in total. The third kappa shape index (κ3) is 1.65. The highest BCUT2D eigenvalue weighted by Gasteiger charge is 2.12. The van der Waals surface area contributed by atoms with Crippen molar-refractivity contribution in [1.82, 2.24) is 19.8 Å². The zero-order valence-corrected chi connectivity index (χ0v) is 10.9. The first-order valence-electron chi connectivity index (χ1n) is 5.70. The van der Waals surface area contributed by atoms with E-state index >= 15 is 0 Å². The number of hydrogen-bond acceptors (Lipinski definition) is 5. The van der Waals surface area contributed by atoms with Crippen molar-refractivity contribution in [2.75, 3.05) is 0 Å². The summed E-state index contributed by atoms with van der Waals surface area (Å²) in [6.07, 6.45) is 0.805. The molecule has 0 aliphatic carbocycles. The molecule has 0 saturated heterocycles. The van der Waals surface area contributed by atoms with E-state index in [2.05, 4.69) is 15.3 Å². The first-order chi connectivity index (χ1) is 8.69. The minimum Gasteiger partial charge on any atom is -0.508 e. The Bertz CT molecular complexity index is 716. The van der Waals surface area contributed by atoms with Crippen LogP contribution in [0.4, 0.5) is 0 Å². The second-order valence-electron chi connectivity index (χ2n) is 4.07. The summed E-state index contributed by atoms with van der Waals surface area (Å²) in [5.74, 6) is 1.17. The molecule has 0 unspecified atom stereocenters. The third-order valence-corrected chi connectivity index (χ3v) is 3.76. The molecule has 0 fully saturated rings. The van der Waals surface area contributed by atoms with Gasteiger partial charge in [-0.05, 0) is 30.7 Å². The Kier molecular flexibility index (Phi) is 2.52. The highest BCUT2D eigenvalue weighted by Crippen LogP contribution is 2.28. The van der Waals surface area contributed by atoms with Crippen LogP contribution in [0.1, 0.15) is 18.3 Å². The Morgan fingerprint density at radius 2 is 2.17 bits per heavy atom. The number of aromatic hydroxyl groups is 1. The highest BCUT2D eigenvalue weighted by molar-refractivity contribution is 7.19. The van der Waals surface area contributed by atoms with Crippen LogP contribution in [0.3, 0.4) is 0 Å². The number of rotatable bonds is 2. The predicted molar refractivity (Wildman–Crippen MR) is 69.9 cm³/mol. The van der Waals surface area contributed by atoms with E-state index in [1.54, 1.807) is 10.6 Å². The first-order valence-corrected chi connectivity index (χ1v) is 6.52. The largest absolute Gasteiger partial charge is 0.508 e. The lowest BCUT2D eigenvalue weighted by Crippen LogP contribution is -1.93. The maximum Gasteiger partial charge on any atom is 0.234 e. The zero-order chi connectivity index (χ0) is 12.7. The van der Waals surface area contributed by atoms with Crippen molar-refractivity contribution in [3.63, 3.8) is 0 Å². The number of aromatic nitrogens is 4. The normalized spacial score (nSPS) is 11.2. The summed E-state index contributed by atoms with van der Waals surface area (Å²) >= 11 is 1.50. The van der Waals surface area contributed by atoms with Crippen molar-refractivity contribution in [3.8, 4) is 16.3 Å². The average Bonchev–Trinajstić information content (AvgIpc) is 2.92. The molecular weight excluding hydrogens is 248 g/mol. The van der Waals surface area contributed by atoms with E-state index in [1.165, 1.54) is 11.3 Å². The molecule has 0 aliphatic heterocycles. The summed E-state index contributed by atoms with van der Waals surface area (Å²) in [4.78, 5) is 0.799. The molecule has 0 spiro atoms. The highest BCUT2D eigenvalue weighted by atomic mass is 32.1. The quantitative estimate of drug-likeness (QED) is 0.768. The molecule has 5 nitrogen and oxygen atoms in total. The number of benzene rings is 1. The van der Waals surface area contributed by atoms with E-state index in [9.17, 15) is 5.11 Å². The molecule has 0 amide bonds. The lowest BCUT2D eigenvalue weighted by Gasteiger charge is -2.00. The average molecular weight is 260 g/mol. The molecule has 0 bridgehead atoms. The standard InChI is InChI=1S/C12H12N4OS/c1-3-10-13-14-12-16(10)15-11(18-12)8-4-5-9(17)7(2)6-8/h4-6,17H,3H2,1-2H3. The van der Waals surface area contributed by atoms with Gasteiger partial charge in [0, 0.05) is 12.0 Å². The van der Waals surface area contributed by atoms with Crippen molar-refractivity contribution >= 4 is 16.3 Å². The lowest BCUT2D eigenvalue weighted by molar-refractivity contribution is 0.471. The Hall–Kier alpha value is -1.95. The van der Waals surface area contributed by atoms with Crippen molar-refractivity contribution < 1.29 is 5.11 Å². The van der Waals surface area contributed by atoms with Crippen LogP contribution < -0.4 is 0 Å². The lowest BCUT2D eigenvalue weighted by atomic mass is 10.1. The van der Waals surface area contributed by atoms with Gasteiger partial charge in [-0.1, -0.05) is 18.3 Å². The molecule has 3 rings (SSSR count). The Morgan fingerprint density at radius 3 is 2.89 bits per heavy atom. The molecule has 6 heteroatoms. The first kappa shape index (κ1) is 11.2. The number of nitrogens with zero attached hydrogens (tertiary/aromatic N) is 4. The van der Waals surface area contributed by atoms with Crippen LogP contribution in [0.15, 0.2) is 18.2 Å². The van der Waals surface area contributed by atoms with Crippen LogP contribution in [0.2, 0.25) is 0 Å². The minimum atomic E-state index is 0.302. The van der Waals surface area contributed by atoms with Gasteiger partial charge in [0.05, 0.1) is 0 Å². The molecule has 2 heterocycles. The fourth-order valence-electron chi connectivity index (χ4n) is 1.78. The van der Waals surface area contributed by atoms with Crippen LogP contribution >= 0.6 is 11.3 Å². The van der Waals surface area contributed by atoms with Gasteiger partial charge >= 0.3 is 0 Å². The van der Waals surface area contributed by atoms with Gasteiger partial charge in [0.1, 0.15) is 10.8 Å². The van der Waals surface area contributed by atoms with Crippen LogP contribution in [0.5, 0.6) is 5.75 Å². The van der Waals surface area contributed by atoms with Crippen LogP contribution in [-0.2, 0) is 6.42 Å². The van der Waals surface area contributed by atoms with Crippen molar-refractivity contribution in [2.24, 2.45) is 0 Å². The van der Waals surface area contributed by atoms with Gasteiger partial charge in [-0.15, -0.1) is 10.2 Å². The van der Waals surface area contributed by atoms with E-state index in [4.69, 9.17) is 0 Å². The third-order valence-electron chi connectivity index (χ3n) is 2.82. The summed E-state index contributed by atoms with van der Waals surface area (Å²) in [6.45, 7) is 3.90. The topological polar surface area (TPSA) is 63.3 Å². The number of aryl methyl sites for hydroxylation is 2. The van der Waals surface area contributed by atoms with Crippen LogP contribution in [0, 0.1) is 6.92 Å². The maximum atomic E-state index is 9.53. The second kappa shape index (κ2) is 4.06. The van der Waals surface area contributed by atoms with Gasteiger partial charge in [-0.3, -0.25) is 0 Å². The van der Waals surface area contributed by atoms with Gasteiger partial charge in [0.2, 0.25) is 4.96 Å². The van der Waals surface area contributed by atoms with E-state index in [0.29, 0.717) is 5.75 Å². The van der Waals surface area contributed by atoms with Crippen molar-refractivity contribution in [2.45, 2.75) is 20.3 Å². The fourth-order valence-corrected chi connectivity index (χ4v) is 2.64. The van der Waals surface area contributed by atoms with E-state index in [1.807, 2.05) is 26.0 Å². The number of fused-ring (bicyclic) bond motifs is 1. The molecule has 3 aromatic rings. The summed E-state index contributed by atoms with van der Waals surface area (Å²) in [5, 5.41) is 23.1. The van der Waals surface area contributed by atoms with Gasteiger partial charge < -0.3 is 5.11 Å². The molecular formula is C12H12N4OS. The van der Waals surface area contributed by atoms with Gasteiger partial charge in [0.25, 0.3) is 0 Å². The number of hydrogen-bond donors (Lipinski definition) is 1. The molecule has 0 aliphatic rings. The van der Waals surface area contributed by atoms with Crippen molar-refractivity contribution in [3.05, 3.63) is 29.6 Å². The van der Waals surface area contributed by atoms with E-state index in [0.717, 1.165) is 33.3 Å². The summed E-state index contributed by atoms with van der Waals surface area (Å²) < 4.78 is 1.78. The smallest absolute Gasteiger partial charge is 0.234 e. The Labute approximate surface area is 108 Å². The van der Waals surface area contributed by atoms with Crippen molar-refractivity contribution in [1.29, 1.82) is 0 Å². The van der Waals surface area contributed by atoms with Crippen LogP contribution in [0.25, 0.3) is 15.5 Å². The van der Waals surface area contributed by atoms with E-state index < -0.39 is 0 Å². The van der Waals surface area contributed by atoms with Crippen LogP contribution in [-0.4, -0.2) is 24.9 Å². The Balaban J connectivity index is 2.13. The molecule has 0 radical (unpaired) electrons. The Morgan fingerprint density at radius 1 is 1.33 bits per heavy atom. The maximum absolute atomic E-state index is 9.53. The number of phenols is 1. The molecule has 0 atom stereocenters. The number of phenolic OH excluding ortho intramolecular Hbond substituents is 1. The second-order valence-corrected chi connectivity index (χ2v) is 5.03. The summed E-state index contributed by atoms with van der Waals surface area (Å²) in [6, 6.07) is 5.47. The van der Waals surface area contributed by atoms with Gasteiger partial charge in [-0.2, -0.15) is 9.61 Å². The van der Waals surface area contributed by atoms with E-state index in [-0.39, 0.29) is 0 Å². The molecule has 18 heavy (non-hydrogen) atoms. The minimum absolute atomic E-state index is 0.302. The summed E-state index contributed by atoms with van der Waals surface area (Å²) in [5.41, 5.74) is 1.83. The molecule has 92 valence electrons. The monoisotopic (exact) mass is 260 g/mol. The summed E-state index contributed by atoms with van der Waals surface area (Å²) in [7, 11) is 0. The fraction of sp³-hybridized carbons (Fsp3) is 0.250. The van der Waals surface area contributed by atoms with Gasteiger partial charge in [0.15, 0.2) is 5.82 Å². The molecule has 1 aromatic carbocycles. The molecule has 0 saturated carbocycles. The zero-order valence-electron chi connectivity index (χ0n) is 10.1. The predicted octanol–water partition coefficient (Wildman–Crippen LogP) is 2.43. The van der Waals surface area contributed by atoms with Gasteiger partial charge in [-0.25, -0.2) is 0 Å².